The molecule has 2 aromatic rings. The van der Waals surface area contributed by atoms with Gasteiger partial charge in [0.25, 0.3) is 5.91 Å². The van der Waals surface area contributed by atoms with Crippen LogP contribution in [0.15, 0.2) is 42.6 Å². The maximum atomic E-state index is 12.6. The number of carbonyl (C=O) groups is 1. The number of carbonyl (C=O) groups excluding carboxylic acids is 1. The van der Waals surface area contributed by atoms with Gasteiger partial charge in [-0.15, -0.1) is 0 Å². The Morgan fingerprint density at radius 1 is 1.22 bits per heavy atom. The summed E-state index contributed by atoms with van der Waals surface area (Å²) >= 11 is 0. The van der Waals surface area contributed by atoms with Crippen molar-refractivity contribution in [1.29, 1.82) is 0 Å². The van der Waals surface area contributed by atoms with Crippen molar-refractivity contribution in [3.63, 3.8) is 0 Å². The van der Waals surface area contributed by atoms with Gasteiger partial charge in [0.1, 0.15) is 11.6 Å². The van der Waals surface area contributed by atoms with E-state index in [2.05, 4.69) is 15.0 Å². The van der Waals surface area contributed by atoms with Crippen LogP contribution in [0.5, 0.6) is 5.75 Å². The third-order valence-corrected chi connectivity index (χ3v) is 4.19. The molecule has 8 heteroatoms. The van der Waals surface area contributed by atoms with Crippen molar-refractivity contribution in [1.82, 2.24) is 10.3 Å². The zero-order valence-electron chi connectivity index (χ0n) is 14.7. The van der Waals surface area contributed by atoms with Crippen molar-refractivity contribution in [3.05, 3.63) is 53.7 Å². The minimum absolute atomic E-state index is 0.114. The van der Waals surface area contributed by atoms with E-state index in [1.54, 1.807) is 30.5 Å². The third kappa shape index (κ3) is 5.37. The van der Waals surface area contributed by atoms with Gasteiger partial charge in [0.2, 0.25) is 0 Å². The molecule has 1 N–H and O–H groups in total. The van der Waals surface area contributed by atoms with Gasteiger partial charge in [-0.1, -0.05) is 12.1 Å². The van der Waals surface area contributed by atoms with Crippen LogP contribution in [0.1, 0.15) is 15.9 Å². The Kier molecular flexibility index (Phi) is 6.54. The summed E-state index contributed by atoms with van der Waals surface area (Å²) in [6.07, 6.45) is 2.25. The van der Waals surface area contributed by atoms with E-state index >= 15 is 0 Å². The predicted octanol–water partition coefficient (Wildman–Crippen LogP) is 2.49. The highest BCUT2D eigenvalue weighted by atomic mass is 19.3. The van der Waals surface area contributed by atoms with E-state index in [0.717, 1.165) is 5.56 Å². The van der Waals surface area contributed by atoms with Crippen molar-refractivity contribution >= 4 is 11.7 Å². The Labute approximate surface area is 156 Å². The van der Waals surface area contributed by atoms with Crippen LogP contribution in [0.2, 0.25) is 0 Å². The molecular formula is C19H21F2N3O3. The van der Waals surface area contributed by atoms with E-state index in [0.29, 0.717) is 50.7 Å². The second-order valence-corrected chi connectivity index (χ2v) is 6.00. The molecule has 0 radical (unpaired) electrons. The van der Waals surface area contributed by atoms with Gasteiger partial charge in [-0.05, 0) is 36.2 Å². The minimum atomic E-state index is -2.84. The smallest absolute Gasteiger partial charge is 0.387 e. The Balaban J connectivity index is 1.55. The lowest BCUT2D eigenvalue weighted by atomic mass is 10.1. The first-order valence-corrected chi connectivity index (χ1v) is 8.73. The van der Waals surface area contributed by atoms with Gasteiger partial charge in [0.15, 0.2) is 0 Å². The SMILES string of the molecule is O=C(NCCc1ccc(OC(F)F)cc1)c1cccnc1N1CCOCC1. The Hall–Kier alpha value is -2.74. The maximum absolute atomic E-state index is 12.6. The molecule has 1 fully saturated rings. The fourth-order valence-corrected chi connectivity index (χ4v) is 2.85. The number of rotatable bonds is 7. The summed E-state index contributed by atoms with van der Waals surface area (Å²) in [5, 5.41) is 2.89. The number of benzene rings is 1. The molecule has 1 aromatic carbocycles. The Morgan fingerprint density at radius 3 is 2.67 bits per heavy atom. The molecule has 1 aromatic heterocycles. The topological polar surface area (TPSA) is 63.7 Å². The van der Waals surface area contributed by atoms with Crippen LogP contribution in [0.4, 0.5) is 14.6 Å². The molecule has 2 heterocycles. The first-order chi connectivity index (χ1) is 13.1. The van der Waals surface area contributed by atoms with E-state index in [1.165, 1.54) is 12.1 Å². The summed E-state index contributed by atoms with van der Waals surface area (Å²) in [4.78, 5) is 19.0. The molecule has 1 saturated heterocycles. The molecule has 1 amide bonds. The predicted molar refractivity (Wildman–Crippen MR) is 96.4 cm³/mol. The number of anilines is 1. The van der Waals surface area contributed by atoms with Crippen molar-refractivity contribution in [2.45, 2.75) is 13.0 Å². The zero-order valence-corrected chi connectivity index (χ0v) is 14.7. The molecule has 0 atom stereocenters. The van der Waals surface area contributed by atoms with Gasteiger partial charge in [-0.25, -0.2) is 4.98 Å². The van der Waals surface area contributed by atoms with Crippen LogP contribution in [-0.2, 0) is 11.2 Å². The number of halogens is 2. The highest BCUT2D eigenvalue weighted by Gasteiger charge is 2.19. The van der Waals surface area contributed by atoms with E-state index in [9.17, 15) is 13.6 Å². The second-order valence-electron chi connectivity index (χ2n) is 6.00. The van der Waals surface area contributed by atoms with Crippen LogP contribution in [0.3, 0.4) is 0 Å². The fourth-order valence-electron chi connectivity index (χ4n) is 2.85. The highest BCUT2D eigenvalue weighted by molar-refractivity contribution is 5.98. The first kappa shape index (κ1) is 19.0. The van der Waals surface area contributed by atoms with E-state index in [4.69, 9.17) is 4.74 Å². The minimum Gasteiger partial charge on any atom is -0.435 e. The summed E-state index contributed by atoms with van der Waals surface area (Å²) in [5.74, 6) is 0.581. The molecule has 144 valence electrons. The number of aromatic nitrogens is 1. The summed E-state index contributed by atoms with van der Waals surface area (Å²) in [6, 6.07) is 9.87. The molecule has 0 bridgehead atoms. The number of ether oxygens (including phenoxy) is 2. The number of pyridine rings is 1. The average Bonchev–Trinajstić information content (AvgIpc) is 2.69. The van der Waals surface area contributed by atoms with Gasteiger partial charge in [0, 0.05) is 25.8 Å². The zero-order chi connectivity index (χ0) is 19.1. The van der Waals surface area contributed by atoms with Crippen LogP contribution in [0, 0.1) is 0 Å². The molecule has 0 spiro atoms. The normalized spacial score (nSPS) is 14.3. The quantitative estimate of drug-likeness (QED) is 0.803. The lowest BCUT2D eigenvalue weighted by Gasteiger charge is -2.29. The number of hydrogen-bond acceptors (Lipinski definition) is 5. The number of hydrogen-bond donors (Lipinski definition) is 1. The molecule has 0 aliphatic carbocycles. The van der Waals surface area contributed by atoms with E-state index in [-0.39, 0.29) is 11.7 Å². The van der Waals surface area contributed by atoms with Crippen molar-refractivity contribution in [2.24, 2.45) is 0 Å². The molecule has 0 unspecified atom stereocenters. The lowest BCUT2D eigenvalue weighted by molar-refractivity contribution is -0.0498. The number of morpholine rings is 1. The monoisotopic (exact) mass is 377 g/mol. The second kappa shape index (κ2) is 9.27. The van der Waals surface area contributed by atoms with Crippen LogP contribution < -0.4 is 15.0 Å². The van der Waals surface area contributed by atoms with E-state index < -0.39 is 6.61 Å². The van der Waals surface area contributed by atoms with Crippen molar-refractivity contribution < 1.29 is 23.0 Å². The molecule has 0 saturated carbocycles. The largest absolute Gasteiger partial charge is 0.435 e. The molecule has 27 heavy (non-hydrogen) atoms. The van der Waals surface area contributed by atoms with Crippen LogP contribution in [0.25, 0.3) is 0 Å². The fraction of sp³-hybridized carbons (Fsp3) is 0.368. The maximum Gasteiger partial charge on any atom is 0.387 e. The highest BCUT2D eigenvalue weighted by Crippen LogP contribution is 2.18. The van der Waals surface area contributed by atoms with Gasteiger partial charge in [-0.3, -0.25) is 4.79 Å². The summed E-state index contributed by atoms with van der Waals surface area (Å²) in [7, 11) is 0. The molecule has 1 aliphatic rings. The third-order valence-electron chi connectivity index (χ3n) is 4.19. The summed E-state index contributed by atoms with van der Waals surface area (Å²) in [6.45, 7) is 0.210. The molecule has 3 rings (SSSR count). The number of amides is 1. The average molecular weight is 377 g/mol. The van der Waals surface area contributed by atoms with Gasteiger partial charge >= 0.3 is 6.61 Å². The standard InChI is InChI=1S/C19H21F2N3O3/c20-19(21)27-15-5-3-14(4-6-15)7-9-23-18(25)16-2-1-8-22-17(16)24-10-12-26-13-11-24/h1-6,8,19H,7,9-13H2,(H,23,25). The van der Waals surface area contributed by atoms with Crippen LogP contribution >= 0.6 is 0 Å². The number of nitrogens with zero attached hydrogens (tertiary/aromatic N) is 2. The number of alkyl halides is 2. The number of nitrogens with one attached hydrogen (secondary N) is 1. The molecular weight excluding hydrogens is 356 g/mol. The van der Waals surface area contributed by atoms with Gasteiger partial charge in [0.05, 0.1) is 18.8 Å². The van der Waals surface area contributed by atoms with E-state index in [1.807, 2.05) is 4.90 Å². The summed E-state index contributed by atoms with van der Waals surface area (Å²) < 4.78 is 34.0. The lowest BCUT2D eigenvalue weighted by Crippen LogP contribution is -2.38. The molecule has 1 aliphatic heterocycles. The summed E-state index contributed by atoms with van der Waals surface area (Å²) in [5.41, 5.74) is 1.44. The van der Waals surface area contributed by atoms with Crippen molar-refractivity contribution in [2.75, 3.05) is 37.7 Å². The van der Waals surface area contributed by atoms with Gasteiger partial charge in [-0.2, -0.15) is 8.78 Å². The van der Waals surface area contributed by atoms with Crippen molar-refractivity contribution in [3.8, 4) is 5.75 Å². The Bertz CT molecular complexity index is 750. The molecule has 6 nitrogen and oxygen atoms in total. The van der Waals surface area contributed by atoms with Crippen LogP contribution in [-0.4, -0.2) is 50.4 Å². The van der Waals surface area contributed by atoms with Gasteiger partial charge < -0.3 is 19.7 Å². The Morgan fingerprint density at radius 2 is 1.96 bits per heavy atom. The first-order valence-electron chi connectivity index (χ1n) is 8.73.